The highest BCUT2D eigenvalue weighted by Gasteiger charge is 2.37. The Kier molecular flexibility index (Phi) is 7.60. The molecular formula is C27H22I2N2O4. The number of hydrogen-bond donors (Lipinski definition) is 1. The third-order valence-corrected chi connectivity index (χ3v) is 7.00. The van der Waals surface area contributed by atoms with Gasteiger partial charge < -0.3 is 4.74 Å². The van der Waals surface area contributed by atoms with Crippen LogP contribution in [-0.2, 0) is 16.2 Å². The number of hydrogen-bond acceptors (Lipinski definition) is 4. The zero-order chi connectivity index (χ0) is 25.3. The van der Waals surface area contributed by atoms with Crippen LogP contribution < -0.4 is 15.0 Å². The number of aryl methyl sites for hydroxylation is 3. The molecule has 8 heteroatoms. The number of amides is 4. The summed E-state index contributed by atoms with van der Waals surface area (Å²) in [4.78, 5) is 39.3. The highest BCUT2D eigenvalue weighted by Crippen LogP contribution is 2.31. The van der Waals surface area contributed by atoms with E-state index in [-0.39, 0.29) is 5.57 Å². The molecule has 0 radical (unpaired) electrons. The maximum Gasteiger partial charge on any atom is 0.335 e. The standard InChI is InChI=1S/C27H22I2N2O4/c1-15-4-6-18(7-5-15)14-35-24-22(28)12-19(13-23(24)29)11-21-25(32)30-27(34)31(26(21)33)20-9-16(2)8-17(3)10-20/h4-13H,14H2,1-3H3,(H,30,32,34)/b21-11+. The van der Waals surface area contributed by atoms with Crippen LogP contribution in [0.15, 0.2) is 60.2 Å². The number of carbonyl (C=O) groups excluding carboxylic acids is 3. The lowest BCUT2D eigenvalue weighted by Crippen LogP contribution is -2.54. The fourth-order valence-corrected chi connectivity index (χ4v) is 5.91. The molecule has 0 aromatic heterocycles. The number of ether oxygens (including phenoxy) is 1. The smallest absolute Gasteiger partial charge is 0.335 e. The van der Waals surface area contributed by atoms with Crippen molar-refractivity contribution >= 4 is 74.8 Å². The van der Waals surface area contributed by atoms with E-state index in [4.69, 9.17) is 4.74 Å². The number of carbonyl (C=O) groups is 3. The molecule has 0 spiro atoms. The molecule has 1 fully saturated rings. The van der Waals surface area contributed by atoms with Gasteiger partial charge in [0.1, 0.15) is 17.9 Å². The van der Waals surface area contributed by atoms with Gasteiger partial charge in [-0.3, -0.25) is 14.9 Å². The lowest BCUT2D eigenvalue weighted by molar-refractivity contribution is -0.122. The Balaban J connectivity index is 1.62. The first-order valence-corrected chi connectivity index (χ1v) is 13.0. The highest BCUT2D eigenvalue weighted by molar-refractivity contribution is 14.1. The molecule has 0 atom stereocenters. The van der Waals surface area contributed by atoms with Crippen LogP contribution in [0, 0.1) is 27.9 Å². The number of urea groups is 1. The van der Waals surface area contributed by atoms with Gasteiger partial charge in [-0.1, -0.05) is 35.9 Å². The molecular weight excluding hydrogens is 670 g/mol. The lowest BCUT2D eigenvalue weighted by atomic mass is 10.1. The van der Waals surface area contributed by atoms with E-state index in [9.17, 15) is 14.4 Å². The molecule has 0 bridgehead atoms. The van der Waals surface area contributed by atoms with Gasteiger partial charge in [0.15, 0.2) is 0 Å². The zero-order valence-corrected chi connectivity index (χ0v) is 23.6. The summed E-state index contributed by atoms with van der Waals surface area (Å²) in [5.74, 6) is -0.640. The summed E-state index contributed by atoms with van der Waals surface area (Å²) in [7, 11) is 0. The van der Waals surface area contributed by atoms with Crippen LogP contribution in [0.1, 0.15) is 27.8 Å². The number of nitrogens with zero attached hydrogens (tertiary/aromatic N) is 1. The molecule has 35 heavy (non-hydrogen) atoms. The van der Waals surface area contributed by atoms with E-state index in [1.165, 1.54) is 11.6 Å². The number of rotatable bonds is 5. The van der Waals surface area contributed by atoms with Gasteiger partial charge in [0, 0.05) is 0 Å². The van der Waals surface area contributed by atoms with Gasteiger partial charge in [0.25, 0.3) is 11.8 Å². The first-order valence-electron chi connectivity index (χ1n) is 10.8. The Morgan fingerprint density at radius 2 is 1.46 bits per heavy atom. The molecule has 3 aromatic rings. The van der Waals surface area contributed by atoms with E-state index in [1.807, 2.05) is 63.2 Å². The van der Waals surface area contributed by atoms with E-state index in [0.29, 0.717) is 17.9 Å². The molecule has 1 N–H and O–H groups in total. The average Bonchev–Trinajstić information content (AvgIpc) is 2.76. The SMILES string of the molecule is Cc1ccc(COc2c(I)cc(/C=C3\C(=O)NC(=O)N(c4cc(C)cc(C)c4)C3=O)cc2I)cc1. The minimum atomic E-state index is -0.758. The zero-order valence-electron chi connectivity index (χ0n) is 19.3. The Labute approximate surface area is 231 Å². The second-order valence-electron chi connectivity index (χ2n) is 8.39. The molecule has 1 aliphatic heterocycles. The van der Waals surface area contributed by atoms with E-state index in [2.05, 4.69) is 50.5 Å². The van der Waals surface area contributed by atoms with E-state index < -0.39 is 17.8 Å². The number of benzene rings is 3. The summed E-state index contributed by atoms with van der Waals surface area (Å²) < 4.78 is 7.75. The Morgan fingerprint density at radius 3 is 2.06 bits per heavy atom. The summed E-state index contributed by atoms with van der Waals surface area (Å²) in [6.07, 6.45) is 1.51. The van der Waals surface area contributed by atoms with Crippen molar-refractivity contribution in [1.29, 1.82) is 0 Å². The number of anilines is 1. The van der Waals surface area contributed by atoms with Gasteiger partial charge in [-0.05, 0) is 119 Å². The van der Waals surface area contributed by atoms with Crippen LogP contribution in [0.4, 0.5) is 10.5 Å². The minimum Gasteiger partial charge on any atom is -0.487 e. The second kappa shape index (κ2) is 10.5. The predicted molar refractivity (Wildman–Crippen MR) is 152 cm³/mol. The topological polar surface area (TPSA) is 75.7 Å². The Morgan fingerprint density at radius 1 is 0.857 bits per heavy atom. The quantitative estimate of drug-likeness (QED) is 0.200. The maximum absolute atomic E-state index is 13.2. The molecule has 0 unspecified atom stereocenters. The first kappa shape index (κ1) is 25.4. The minimum absolute atomic E-state index is 0.108. The molecule has 0 aliphatic carbocycles. The molecule has 1 aliphatic rings. The average molecular weight is 692 g/mol. The molecule has 0 saturated carbocycles. The lowest BCUT2D eigenvalue weighted by Gasteiger charge is -2.27. The molecule has 178 valence electrons. The number of imide groups is 2. The van der Waals surface area contributed by atoms with Crippen molar-refractivity contribution in [3.63, 3.8) is 0 Å². The van der Waals surface area contributed by atoms with Crippen LogP contribution in [0.5, 0.6) is 5.75 Å². The maximum atomic E-state index is 13.2. The van der Waals surface area contributed by atoms with Crippen molar-refractivity contribution < 1.29 is 19.1 Å². The monoisotopic (exact) mass is 692 g/mol. The van der Waals surface area contributed by atoms with Crippen LogP contribution in [0.25, 0.3) is 6.08 Å². The molecule has 6 nitrogen and oxygen atoms in total. The second-order valence-corrected chi connectivity index (χ2v) is 10.7. The normalized spacial score (nSPS) is 14.9. The van der Waals surface area contributed by atoms with Crippen molar-refractivity contribution in [2.45, 2.75) is 27.4 Å². The van der Waals surface area contributed by atoms with Crippen molar-refractivity contribution in [2.75, 3.05) is 4.90 Å². The summed E-state index contributed by atoms with van der Waals surface area (Å²) >= 11 is 4.36. The number of barbiturate groups is 1. The van der Waals surface area contributed by atoms with Gasteiger partial charge in [0.05, 0.1) is 12.8 Å². The summed E-state index contributed by atoms with van der Waals surface area (Å²) in [6.45, 7) is 6.24. The van der Waals surface area contributed by atoms with Gasteiger partial charge in [-0.15, -0.1) is 0 Å². The molecule has 4 rings (SSSR count). The molecule has 3 aromatic carbocycles. The predicted octanol–water partition coefficient (Wildman–Crippen LogP) is 6.07. The first-order chi connectivity index (χ1) is 16.6. The van der Waals surface area contributed by atoms with E-state index in [1.54, 1.807) is 12.1 Å². The van der Waals surface area contributed by atoms with Gasteiger partial charge in [-0.25, -0.2) is 9.69 Å². The van der Waals surface area contributed by atoms with E-state index >= 15 is 0 Å². The molecule has 4 amide bonds. The Hall–Kier alpha value is -2.73. The van der Waals surface area contributed by atoms with Crippen molar-refractivity contribution in [1.82, 2.24) is 5.32 Å². The van der Waals surface area contributed by atoms with Crippen LogP contribution in [0.3, 0.4) is 0 Å². The summed E-state index contributed by atoms with van der Waals surface area (Å²) in [6, 6.07) is 16.5. The third kappa shape index (κ3) is 5.75. The van der Waals surface area contributed by atoms with Crippen LogP contribution >= 0.6 is 45.2 Å². The third-order valence-electron chi connectivity index (χ3n) is 5.40. The van der Waals surface area contributed by atoms with Crippen LogP contribution in [0.2, 0.25) is 0 Å². The molecule has 1 heterocycles. The largest absolute Gasteiger partial charge is 0.487 e. The fraction of sp³-hybridized carbons (Fsp3) is 0.148. The van der Waals surface area contributed by atoms with Crippen molar-refractivity contribution in [2.24, 2.45) is 0 Å². The van der Waals surface area contributed by atoms with Gasteiger partial charge in [-0.2, -0.15) is 0 Å². The van der Waals surface area contributed by atoms with E-state index in [0.717, 1.165) is 34.5 Å². The number of nitrogens with one attached hydrogen (secondary N) is 1. The summed E-state index contributed by atoms with van der Waals surface area (Å²) in [5.41, 5.74) is 5.05. The van der Waals surface area contributed by atoms with Gasteiger partial charge in [0.2, 0.25) is 0 Å². The Bertz CT molecular complexity index is 1340. The number of halogens is 2. The molecule has 1 saturated heterocycles. The van der Waals surface area contributed by atoms with Crippen molar-refractivity contribution in [3.05, 3.63) is 95.1 Å². The van der Waals surface area contributed by atoms with Gasteiger partial charge >= 0.3 is 6.03 Å². The highest BCUT2D eigenvalue weighted by atomic mass is 127. The summed E-state index contributed by atoms with van der Waals surface area (Å²) in [5, 5.41) is 2.28. The van der Waals surface area contributed by atoms with Crippen LogP contribution in [-0.4, -0.2) is 17.8 Å². The van der Waals surface area contributed by atoms with Crippen molar-refractivity contribution in [3.8, 4) is 5.75 Å². The fourth-order valence-electron chi connectivity index (χ4n) is 3.78.